The molecule has 0 saturated carbocycles. The van der Waals surface area contributed by atoms with Crippen molar-refractivity contribution in [3.63, 3.8) is 0 Å². The van der Waals surface area contributed by atoms with Gasteiger partial charge >= 0.3 is 6.09 Å². The van der Waals surface area contributed by atoms with Gasteiger partial charge in [-0.3, -0.25) is 9.69 Å². The summed E-state index contributed by atoms with van der Waals surface area (Å²) in [5, 5.41) is 15.4. The molecule has 2 amide bonds. The number of unbranched alkanes of at least 4 members (excludes halogenated alkanes) is 1. The molecule has 14 heteroatoms. The van der Waals surface area contributed by atoms with Crippen LogP contribution in [0.5, 0.6) is 11.5 Å². The van der Waals surface area contributed by atoms with Crippen LogP contribution in [0.25, 0.3) is 22.3 Å². The van der Waals surface area contributed by atoms with Crippen molar-refractivity contribution in [3.8, 4) is 28.8 Å². The number of piperidine rings is 1. The van der Waals surface area contributed by atoms with Crippen LogP contribution < -0.4 is 10.5 Å². The lowest BCUT2D eigenvalue weighted by atomic mass is 9.96. The topological polar surface area (TPSA) is 156 Å². The zero-order valence-corrected chi connectivity index (χ0v) is 29.8. The third-order valence-electron chi connectivity index (χ3n) is 9.65. The highest BCUT2D eigenvalue weighted by Crippen LogP contribution is 2.36. The molecule has 2 aromatic heterocycles. The fraction of sp³-hybridized carbons (Fsp3) is 0.421. The first-order valence-electron chi connectivity index (χ1n) is 17.7. The van der Waals surface area contributed by atoms with E-state index in [0.29, 0.717) is 74.7 Å². The number of nitrogen functional groups attached to an aromatic ring is 1. The van der Waals surface area contributed by atoms with Crippen LogP contribution in [0, 0.1) is 17.1 Å². The fourth-order valence-electron chi connectivity index (χ4n) is 6.77. The van der Waals surface area contributed by atoms with Gasteiger partial charge in [-0.25, -0.2) is 23.8 Å². The van der Waals surface area contributed by atoms with E-state index in [0.717, 1.165) is 12.8 Å². The molecular formula is C38H44FN9O4. The summed E-state index contributed by atoms with van der Waals surface area (Å²) >= 11 is 0. The van der Waals surface area contributed by atoms with Gasteiger partial charge in [0, 0.05) is 56.4 Å². The Hall–Kier alpha value is -5.55. The molecule has 52 heavy (non-hydrogen) atoms. The second-order valence-electron chi connectivity index (χ2n) is 13.6. The van der Waals surface area contributed by atoms with Crippen LogP contribution in [0.2, 0.25) is 0 Å². The smallest absolute Gasteiger partial charge is 0.409 e. The maximum atomic E-state index is 15.7. The first-order valence-corrected chi connectivity index (χ1v) is 17.7. The average molecular weight is 710 g/mol. The van der Waals surface area contributed by atoms with Crippen molar-refractivity contribution in [3.05, 3.63) is 72.3 Å². The Morgan fingerprint density at radius 3 is 2.54 bits per heavy atom. The number of nitriles is 1. The van der Waals surface area contributed by atoms with Gasteiger partial charge in [0.2, 0.25) is 0 Å². The summed E-state index contributed by atoms with van der Waals surface area (Å²) in [6, 6.07) is 15.5. The molecule has 1 atom stereocenters. The summed E-state index contributed by atoms with van der Waals surface area (Å²) in [6.07, 6.45) is 5.87. The maximum Gasteiger partial charge on any atom is 0.409 e. The standard InChI is InChI=1S/C38H44FN9O4/c1-4-5-20-51-37(50)45-16-18-47(19-17-45)38(2,3)22-26(23-40)36(49)46-15-9-10-27(24-46)48-35-32(34(41)42-25-43-35)33(44-48)30-14-13-29(21-31(30)39)52-28-11-7-6-8-12-28/h6-8,11-14,21-22,25,27H,4-5,9-10,15-20,24H2,1-3H3,(H2,41,42,43). The van der Waals surface area contributed by atoms with Crippen LogP contribution in [0.4, 0.5) is 15.0 Å². The molecule has 6 rings (SSSR count). The molecular weight excluding hydrogens is 665 g/mol. The van der Waals surface area contributed by atoms with Crippen molar-refractivity contribution in [2.24, 2.45) is 0 Å². The molecule has 4 heterocycles. The van der Waals surface area contributed by atoms with E-state index in [1.165, 1.54) is 12.4 Å². The highest BCUT2D eigenvalue weighted by molar-refractivity contribution is 5.99. The summed E-state index contributed by atoms with van der Waals surface area (Å²) < 4.78 is 28.6. The number of carbonyl (C=O) groups is 2. The van der Waals surface area contributed by atoms with Crippen LogP contribution in [0.15, 0.2) is 66.5 Å². The Morgan fingerprint density at radius 2 is 1.83 bits per heavy atom. The maximum absolute atomic E-state index is 15.7. The minimum Gasteiger partial charge on any atom is -0.457 e. The number of hydrogen-bond donors (Lipinski definition) is 1. The zero-order chi connectivity index (χ0) is 36.8. The quantitative estimate of drug-likeness (QED) is 0.119. The first kappa shape index (κ1) is 36.2. The molecule has 4 aromatic rings. The number of likely N-dealkylation sites (tertiary alicyclic amines) is 1. The van der Waals surface area contributed by atoms with Crippen LogP contribution >= 0.6 is 0 Å². The monoisotopic (exact) mass is 709 g/mol. The van der Waals surface area contributed by atoms with E-state index in [2.05, 4.69) is 20.9 Å². The van der Waals surface area contributed by atoms with Crippen molar-refractivity contribution >= 4 is 28.9 Å². The predicted octanol–water partition coefficient (Wildman–Crippen LogP) is 5.95. The van der Waals surface area contributed by atoms with E-state index in [1.807, 2.05) is 39.0 Å². The van der Waals surface area contributed by atoms with E-state index < -0.39 is 11.4 Å². The van der Waals surface area contributed by atoms with Crippen molar-refractivity contribution in [2.45, 2.75) is 58.0 Å². The van der Waals surface area contributed by atoms with Crippen molar-refractivity contribution in [1.82, 2.24) is 34.4 Å². The fourth-order valence-corrected chi connectivity index (χ4v) is 6.77. The minimum absolute atomic E-state index is 0.0459. The van der Waals surface area contributed by atoms with E-state index in [1.54, 1.807) is 44.8 Å². The molecule has 272 valence electrons. The number of ether oxygens (including phenoxy) is 2. The number of amides is 2. The van der Waals surface area contributed by atoms with E-state index in [9.17, 15) is 14.9 Å². The number of para-hydroxylation sites is 1. The van der Waals surface area contributed by atoms with Gasteiger partial charge in [0.15, 0.2) is 5.65 Å². The highest BCUT2D eigenvalue weighted by Gasteiger charge is 2.34. The van der Waals surface area contributed by atoms with Gasteiger partial charge in [-0.15, -0.1) is 0 Å². The number of halogens is 1. The number of nitrogens with zero attached hydrogens (tertiary/aromatic N) is 8. The van der Waals surface area contributed by atoms with E-state index in [4.69, 9.17) is 20.3 Å². The van der Waals surface area contributed by atoms with Gasteiger partial charge in [-0.1, -0.05) is 31.5 Å². The molecule has 0 radical (unpaired) electrons. The minimum atomic E-state index is -0.624. The Labute approximate surface area is 302 Å². The number of rotatable bonds is 10. The largest absolute Gasteiger partial charge is 0.457 e. The third kappa shape index (κ3) is 7.84. The summed E-state index contributed by atoms with van der Waals surface area (Å²) in [5.41, 5.74) is 6.68. The molecule has 13 nitrogen and oxygen atoms in total. The summed E-state index contributed by atoms with van der Waals surface area (Å²) in [7, 11) is 0. The van der Waals surface area contributed by atoms with Gasteiger partial charge < -0.3 is 25.0 Å². The van der Waals surface area contributed by atoms with Crippen molar-refractivity contribution < 1.29 is 23.5 Å². The Balaban J connectivity index is 1.19. The lowest BCUT2D eigenvalue weighted by Gasteiger charge is -2.42. The molecule has 0 aliphatic carbocycles. The third-order valence-corrected chi connectivity index (χ3v) is 9.65. The predicted molar refractivity (Wildman–Crippen MR) is 194 cm³/mol. The molecule has 2 N–H and O–H groups in total. The highest BCUT2D eigenvalue weighted by atomic mass is 19.1. The molecule has 2 aliphatic heterocycles. The second kappa shape index (κ2) is 15.8. The van der Waals surface area contributed by atoms with Crippen LogP contribution in [-0.2, 0) is 9.53 Å². The van der Waals surface area contributed by atoms with Gasteiger partial charge in [0.25, 0.3) is 5.91 Å². The van der Waals surface area contributed by atoms with Crippen LogP contribution in [-0.4, -0.2) is 97.9 Å². The number of nitrogens with two attached hydrogens (primary N) is 1. The second-order valence-corrected chi connectivity index (χ2v) is 13.6. The van der Waals surface area contributed by atoms with Crippen molar-refractivity contribution in [1.29, 1.82) is 5.26 Å². The van der Waals surface area contributed by atoms with Crippen LogP contribution in [0.3, 0.4) is 0 Å². The van der Waals surface area contributed by atoms with Gasteiger partial charge in [-0.2, -0.15) is 10.4 Å². The number of anilines is 1. The summed E-state index contributed by atoms with van der Waals surface area (Å²) in [4.78, 5) is 40.5. The van der Waals surface area contributed by atoms with Crippen molar-refractivity contribution in [2.75, 3.05) is 51.6 Å². The van der Waals surface area contributed by atoms with Crippen LogP contribution in [0.1, 0.15) is 52.5 Å². The Bertz CT molecular complexity index is 1980. The van der Waals surface area contributed by atoms with Gasteiger partial charge in [0.1, 0.15) is 46.8 Å². The average Bonchev–Trinajstić information content (AvgIpc) is 3.55. The van der Waals surface area contributed by atoms with Gasteiger partial charge in [0.05, 0.1) is 18.0 Å². The first-order chi connectivity index (χ1) is 25.1. The lowest BCUT2D eigenvalue weighted by Crippen LogP contribution is -2.55. The molecule has 1 unspecified atom stereocenters. The summed E-state index contributed by atoms with van der Waals surface area (Å²) in [5.74, 6) is 0.143. The Kier molecular flexibility index (Phi) is 11.0. The molecule has 0 bridgehead atoms. The molecule has 2 aliphatic rings. The molecule has 2 saturated heterocycles. The SMILES string of the molecule is CCCCOC(=O)N1CCN(C(C)(C)C=C(C#N)C(=O)N2CCCC(n3nc(-c4ccc(Oc5ccccc5)cc4F)c4c(N)ncnc43)C2)CC1. The summed E-state index contributed by atoms with van der Waals surface area (Å²) in [6.45, 7) is 9.26. The number of fused-ring (bicyclic) bond motifs is 1. The number of hydrogen-bond acceptors (Lipinski definition) is 10. The molecule has 2 fully saturated rings. The number of carbonyl (C=O) groups excluding carboxylic acids is 2. The lowest BCUT2D eigenvalue weighted by molar-refractivity contribution is -0.128. The number of aromatic nitrogens is 4. The number of benzene rings is 2. The zero-order valence-electron chi connectivity index (χ0n) is 29.8. The normalized spacial score (nSPS) is 17.2. The Morgan fingerprint density at radius 1 is 1.06 bits per heavy atom. The molecule has 2 aromatic carbocycles. The number of piperazine rings is 1. The van der Waals surface area contributed by atoms with E-state index in [-0.39, 0.29) is 47.2 Å². The van der Waals surface area contributed by atoms with E-state index >= 15 is 4.39 Å². The van der Waals surface area contributed by atoms with Gasteiger partial charge in [-0.05, 0) is 63.5 Å². The molecule has 0 spiro atoms.